The number of aromatic nitrogens is 1. The van der Waals surface area contributed by atoms with Crippen molar-refractivity contribution in [1.82, 2.24) is 9.88 Å². The van der Waals surface area contributed by atoms with Crippen molar-refractivity contribution in [2.75, 3.05) is 32.1 Å². The molecule has 4 nitrogen and oxygen atoms in total. The molecule has 1 atom stereocenters. The van der Waals surface area contributed by atoms with Gasteiger partial charge in [0.1, 0.15) is 0 Å². The predicted molar refractivity (Wildman–Crippen MR) is 83.1 cm³/mol. The van der Waals surface area contributed by atoms with Crippen LogP contribution < -0.4 is 4.90 Å². The predicted octanol–water partition coefficient (Wildman–Crippen LogP) is 2.36. The molecule has 0 saturated carbocycles. The molecule has 110 valence electrons. The van der Waals surface area contributed by atoms with Gasteiger partial charge in [0.15, 0.2) is 5.13 Å². The molecule has 5 heteroatoms. The first kappa shape index (κ1) is 16.4. The molecule has 1 aromatic rings. The number of aryl methyl sites for hydroxylation is 1. The minimum atomic E-state index is 0.104. The summed E-state index contributed by atoms with van der Waals surface area (Å²) in [6.45, 7) is 8.58. The van der Waals surface area contributed by atoms with Crippen molar-refractivity contribution in [1.29, 1.82) is 0 Å². The van der Waals surface area contributed by atoms with Gasteiger partial charge in [-0.15, -0.1) is 0 Å². The Morgan fingerprint density at radius 3 is 2.47 bits per heavy atom. The Hall–Kier alpha value is -0.650. The summed E-state index contributed by atoms with van der Waals surface area (Å²) < 4.78 is 0. The first-order valence-corrected chi connectivity index (χ1v) is 7.85. The van der Waals surface area contributed by atoms with Gasteiger partial charge in [-0.1, -0.05) is 24.7 Å². The SMILES string of the molecule is CCCc1nc(N(CC)C(C)CN(C)C)sc1CO. The summed E-state index contributed by atoms with van der Waals surface area (Å²) in [6.07, 6.45) is 2.02. The molecule has 0 fully saturated rings. The molecular weight excluding hydrogens is 258 g/mol. The smallest absolute Gasteiger partial charge is 0.186 e. The number of aliphatic hydroxyl groups excluding tert-OH is 1. The van der Waals surface area contributed by atoms with E-state index in [0.717, 1.165) is 41.6 Å². The molecule has 0 saturated heterocycles. The maximum Gasteiger partial charge on any atom is 0.186 e. The van der Waals surface area contributed by atoms with Crippen LogP contribution in [0.1, 0.15) is 37.8 Å². The van der Waals surface area contributed by atoms with Crippen LogP contribution in [-0.2, 0) is 13.0 Å². The number of thiazole rings is 1. The van der Waals surface area contributed by atoms with Crippen molar-refractivity contribution in [2.24, 2.45) is 0 Å². The number of anilines is 1. The van der Waals surface area contributed by atoms with Gasteiger partial charge in [0.25, 0.3) is 0 Å². The van der Waals surface area contributed by atoms with Gasteiger partial charge >= 0.3 is 0 Å². The zero-order valence-corrected chi connectivity index (χ0v) is 13.6. The lowest BCUT2D eigenvalue weighted by Gasteiger charge is -2.29. The van der Waals surface area contributed by atoms with Gasteiger partial charge in [0, 0.05) is 19.1 Å². The Kier molecular flexibility index (Phi) is 6.75. The number of rotatable bonds is 8. The Morgan fingerprint density at radius 1 is 1.32 bits per heavy atom. The number of hydrogen-bond donors (Lipinski definition) is 1. The van der Waals surface area contributed by atoms with Gasteiger partial charge in [-0.3, -0.25) is 0 Å². The van der Waals surface area contributed by atoms with Gasteiger partial charge in [-0.2, -0.15) is 0 Å². The van der Waals surface area contributed by atoms with E-state index in [-0.39, 0.29) is 6.61 Å². The quantitative estimate of drug-likeness (QED) is 0.796. The first-order chi connectivity index (χ1) is 9.03. The van der Waals surface area contributed by atoms with E-state index in [2.05, 4.69) is 44.7 Å². The first-order valence-electron chi connectivity index (χ1n) is 7.04. The van der Waals surface area contributed by atoms with Crippen LogP contribution in [0.5, 0.6) is 0 Å². The summed E-state index contributed by atoms with van der Waals surface area (Å²) in [4.78, 5) is 10.3. The third kappa shape index (κ3) is 4.44. The van der Waals surface area contributed by atoms with Gasteiger partial charge in [0.2, 0.25) is 0 Å². The molecule has 0 aliphatic carbocycles. The molecule has 1 N–H and O–H groups in total. The molecule has 0 bridgehead atoms. The van der Waals surface area contributed by atoms with Gasteiger partial charge in [-0.25, -0.2) is 4.98 Å². The minimum absolute atomic E-state index is 0.104. The number of hydrogen-bond acceptors (Lipinski definition) is 5. The van der Waals surface area contributed by atoms with Crippen LogP contribution in [-0.4, -0.2) is 48.2 Å². The third-order valence-corrected chi connectivity index (χ3v) is 4.26. The molecule has 1 aromatic heterocycles. The average Bonchev–Trinajstić information content (AvgIpc) is 2.72. The second-order valence-corrected chi connectivity index (χ2v) is 6.23. The van der Waals surface area contributed by atoms with Gasteiger partial charge in [-0.05, 0) is 34.4 Å². The van der Waals surface area contributed by atoms with Crippen molar-refractivity contribution in [3.8, 4) is 0 Å². The summed E-state index contributed by atoms with van der Waals surface area (Å²) in [5.41, 5.74) is 1.07. The zero-order chi connectivity index (χ0) is 14.4. The summed E-state index contributed by atoms with van der Waals surface area (Å²) in [5.74, 6) is 0. The highest BCUT2D eigenvalue weighted by Crippen LogP contribution is 2.28. The lowest BCUT2D eigenvalue weighted by Crippen LogP contribution is -2.40. The molecule has 0 radical (unpaired) electrons. The largest absolute Gasteiger partial charge is 0.391 e. The molecule has 1 unspecified atom stereocenters. The summed E-state index contributed by atoms with van der Waals surface area (Å²) in [6, 6.07) is 0.423. The van der Waals surface area contributed by atoms with Crippen LogP contribution in [0.15, 0.2) is 0 Å². The van der Waals surface area contributed by atoms with E-state index < -0.39 is 0 Å². The highest BCUT2D eigenvalue weighted by atomic mass is 32.1. The Balaban J connectivity index is 2.91. The fraction of sp³-hybridized carbons (Fsp3) is 0.786. The molecule has 0 spiro atoms. The van der Waals surface area contributed by atoms with Crippen molar-refractivity contribution in [2.45, 2.75) is 46.3 Å². The summed E-state index contributed by atoms with van der Waals surface area (Å²) in [7, 11) is 4.18. The molecule has 0 amide bonds. The fourth-order valence-corrected chi connectivity index (χ4v) is 3.44. The van der Waals surface area contributed by atoms with Crippen molar-refractivity contribution in [3.63, 3.8) is 0 Å². The highest BCUT2D eigenvalue weighted by Gasteiger charge is 2.19. The van der Waals surface area contributed by atoms with Crippen LogP contribution in [0.25, 0.3) is 0 Å². The van der Waals surface area contributed by atoms with Crippen molar-refractivity contribution >= 4 is 16.5 Å². The molecule has 1 rings (SSSR count). The number of aliphatic hydroxyl groups is 1. The number of nitrogens with zero attached hydrogens (tertiary/aromatic N) is 3. The van der Waals surface area contributed by atoms with E-state index in [4.69, 9.17) is 4.98 Å². The molecule has 1 heterocycles. The lowest BCUT2D eigenvalue weighted by molar-refractivity contribution is 0.284. The second-order valence-electron chi connectivity index (χ2n) is 5.17. The topological polar surface area (TPSA) is 39.6 Å². The van der Waals surface area contributed by atoms with Crippen molar-refractivity contribution < 1.29 is 5.11 Å². The normalized spacial score (nSPS) is 13.0. The average molecular weight is 285 g/mol. The van der Waals surface area contributed by atoms with Crippen LogP contribution in [0, 0.1) is 0 Å². The maximum atomic E-state index is 9.44. The van der Waals surface area contributed by atoms with E-state index in [1.165, 1.54) is 0 Å². The van der Waals surface area contributed by atoms with Crippen LogP contribution in [0.3, 0.4) is 0 Å². The second kappa shape index (κ2) is 7.82. The summed E-state index contributed by atoms with van der Waals surface area (Å²) in [5, 5.41) is 10.5. The minimum Gasteiger partial charge on any atom is -0.391 e. The van der Waals surface area contributed by atoms with E-state index in [0.29, 0.717) is 6.04 Å². The van der Waals surface area contributed by atoms with Crippen LogP contribution >= 0.6 is 11.3 Å². The molecule has 19 heavy (non-hydrogen) atoms. The van der Waals surface area contributed by atoms with Crippen LogP contribution in [0.2, 0.25) is 0 Å². The Bertz CT molecular complexity index is 379. The Labute approximate surface area is 121 Å². The highest BCUT2D eigenvalue weighted by molar-refractivity contribution is 7.15. The fourth-order valence-electron chi connectivity index (χ4n) is 2.31. The maximum absolute atomic E-state index is 9.44. The molecule has 0 aliphatic rings. The van der Waals surface area contributed by atoms with Crippen LogP contribution in [0.4, 0.5) is 5.13 Å². The Morgan fingerprint density at radius 2 is 2.00 bits per heavy atom. The molecule has 0 aliphatic heterocycles. The van der Waals surface area contributed by atoms with Gasteiger partial charge < -0.3 is 14.9 Å². The van der Waals surface area contributed by atoms with E-state index in [1.54, 1.807) is 11.3 Å². The number of likely N-dealkylation sites (N-methyl/N-ethyl adjacent to an activating group) is 2. The standard InChI is InChI=1S/C14H27N3OS/c1-6-8-12-13(10-18)19-14(15-12)17(7-2)11(3)9-16(4)5/h11,18H,6-10H2,1-5H3. The van der Waals surface area contributed by atoms with Gasteiger partial charge in [0.05, 0.1) is 17.2 Å². The molecule has 0 aromatic carbocycles. The lowest BCUT2D eigenvalue weighted by atomic mass is 10.2. The molecular formula is C14H27N3OS. The summed E-state index contributed by atoms with van der Waals surface area (Å²) >= 11 is 1.63. The van der Waals surface area contributed by atoms with Crippen molar-refractivity contribution in [3.05, 3.63) is 10.6 Å². The third-order valence-electron chi connectivity index (χ3n) is 3.15. The zero-order valence-electron chi connectivity index (χ0n) is 12.8. The van der Waals surface area contributed by atoms with E-state index >= 15 is 0 Å². The monoisotopic (exact) mass is 285 g/mol. The van der Waals surface area contributed by atoms with E-state index in [1.807, 2.05) is 0 Å². The van der Waals surface area contributed by atoms with E-state index in [9.17, 15) is 5.11 Å².